The summed E-state index contributed by atoms with van der Waals surface area (Å²) in [5.41, 5.74) is 0. The van der Waals surface area contributed by atoms with Gasteiger partial charge in [0.2, 0.25) is 0 Å². The number of aliphatic hydroxyl groups is 7. The lowest BCUT2D eigenvalue weighted by Crippen LogP contribution is -2.61. The van der Waals surface area contributed by atoms with Crippen molar-refractivity contribution in [3.05, 3.63) is 72.9 Å². The second kappa shape index (κ2) is 41.1. The molecule has 0 aromatic rings. The van der Waals surface area contributed by atoms with Crippen LogP contribution < -0.4 is 0 Å². The molecule has 0 amide bonds. The van der Waals surface area contributed by atoms with Crippen LogP contribution in [0.5, 0.6) is 0 Å². The van der Waals surface area contributed by atoms with Gasteiger partial charge in [0.1, 0.15) is 54.9 Å². The van der Waals surface area contributed by atoms with E-state index in [-0.39, 0.29) is 19.6 Å². The minimum absolute atomic E-state index is 0.0444. The molecule has 2 fully saturated rings. The van der Waals surface area contributed by atoms with Crippen LogP contribution in [0, 0.1) is 0 Å². The summed E-state index contributed by atoms with van der Waals surface area (Å²) in [6, 6.07) is 0. The first-order chi connectivity index (χ1) is 33.1. The second-order valence-corrected chi connectivity index (χ2v) is 18.0. The third kappa shape index (κ3) is 28.3. The molecule has 2 aliphatic heterocycles. The Labute approximate surface area is 408 Å². The van der Waals surface area contributed by atoms with E-state index in [4.69, 9.17) is 28.4 Å². The van der Waals surface area contributed by atoms with Gasteiger partial charge in [-0.05, 0) is 77.0 Å². The number of carbonyl (C=O) groups is 1. The summed E-state index contributed by atoms with van der Waals surface area (Å²) < 4.78 is 34.3. The van der Waals surface area contributed by atoms with Crippen molar-refractivity contribution in [1.29, 1.82) is 0 Å². The van der Waals surface area contributed by atoms with E-state index in [9.17, 15) is 40.5 Å². The molecule has 0 spiro atoms. The first-order valence-corrected chi connectivity index (χ1v) is 26.0. The molecule has 0 bridgehead atoms. The average molecular weight is 965 g/mol. The Morgan fingerprint density at radius 3 is 1.50 bits per heavy atom. The van der Waals surface area contributed by atoms with Crippen molar-refractivity contribution in [2.75, 3.05) is 33.0 Å². The number of esters is 1. The van der Waals surface area contributed by atoms with Gasteiger partial charge in [0.05, 0.1) is 26.4 Å². The van der Waals surface area contributed by atoms with Gasteiger partial charge in [0.25, 0.3) is 0 Å². The van der Waals surface area contributed by atoms with E-state index in [0.29, 0.717) is 13.0 Å². The number of hydrogen-bond acceptors (Lipinski definition) is 14. The molecule has 0 aromatic heterocycles. The SMILES string of the molecule is CC/C=C\C/C=C\C/C=C\C/C=C\CCCCCCCCC(=O)OC(COCCCCCCCC/C=C\C/C=C\CCCC)COC1OC(COC2OC(CO)C(O)C(O)C2O)C(O)C(O)C1O. The summed E-state index contributed by atoms with van der Waals surface area (Å²) in [7, 11) is 0. The van der Waals surface area contributed by atoms with Crippen LogP contribution in [-0.2, 0) is 33.2 Å². The zero-order valence-electron chi connectivity index (χ0n) is 41.6. The highest BCUT2D eigenvalue weighted by atomic mass is 16.7. The monoisotopic (exact) mass is 965 g/mol. The average Bonchev–Trinajstić information content (AvgIpc) is 3.33. The van der Waals surface area contributed by atoms with E-state index in [1.807, 2.05) is 0 Å². The van der Waals surface area contributed by atoms with Crippen LogP contribution in [0.25, 0.3) is 0 Å². The van der Waals surface area contributed by atoms with Crippen molar-refractivity contribution in [1.82, 2.24) is 0 Å². The van der Waals surface area contributed by atoms with Gasteiger partial charge in [-0.3, -0.25) is 4.79 Å². The van der Waals surface area contributed by atoms with Crippen LogP contribution in [0.2, 0.25) is 0 Å². The van der Waals surface area contributed by atoms with Crippen LogP contribution >= 0.6 is 0 Å². The zero-order valence-corrected chi connectivity index (χ0v) is 41.6. The summed E-state index contributed by atoms with van der Waals surface area (Å²) in [5, 5.41) is 72.2. The molecule has 11 unspecified atom stereocenters. The van der Waals surface area contributed by atoms with Crippen molar-refractivity contribution in [2.24, 2.45) is 0 Å². The lowest BCUT2D eigenvalue weighted by Gasteiger charge is -2.42. The maximum absolute atomic E-state index is 13.0. The number of rotatable bonds is 40. The zero-order chi connectivity index (χ0) is 49.5. The predicted molar refractivity (Wildman–Crippen MR) is 265 cm³/mol. The Balaban J connectivity index is 1.78. The number of ether oxygens (including phenoxy) is 6. The fraction of sp³-hybridized carbons (Fsp3) is 0.759. The van der Waals surface area contributed by atoms with Gasteiger partial charge in [0.15, 0.2) is 12.6 Å². The highest BCUT2D eigenvalue weighted by Gasteiger charge is 2.47. The molecule has 2 rings (SSSR count). The second-order valence-electron chi connectivity index (χ2n) is 18.0. The molecule has 2 aliphatic rings. The van der Waals surface area contributed by atoms with E-state index in [1.165, 1.54) is 25.7 Å². The minimum Gasteiger partial charge on any atom is -0.457 e. The molecule has 0 aromatic carbocycles. The molecule has 14 heteroatoms. The molecule has 2 saturated heterocycles. The molecule has 0 radical (unpaired) electrons. The van der Waals surface area contributed by atoms with Gasteiger partial charge < -0.3 is 64.2 Å². The van der Waals surface area contributed by atoms with Crippen LogP contribution in [0.1, 0.15) is 162 Å². The fourth-order valence-corrected chi connectivity index (χ4v) is 7.70. The molecule has 11 atom stereocenters. The summed E-state index contributed by atoms with van der Waals surface area (Å²) in [4.78, 5) is 13.0. The molecule has 0 aliphatic carbocycles. The summed E-state index contributed by atoms with van der Waals surface area (Å²) in [6.45, 7) is 3.47. The minimum atomic E-state index is -1.71. The molecule has 392 valence electrons. The lowest BCUT2D eigenvalue weighted by molar-refractivity contribution is -0.332. The topological polar surface area (TPSA) is 214 Å². The van der Waals surface area contributed by atoms with Gasteiger partial charge in [-0.1, -0.05) is 151 Å². The normalized spacial score (nSPS) is 26.5. The highest BCUT2D eigenvalue weighted by molar-refractivity contribution is 5.69. The van der Waals surface area contributed by atoms with Crippen molar-refractivity contribution < 1.29 is 69.0 Å². The van der Waals surface area contributed by atoms with E-state index < -0.39 is 86.7 Å². The molecule has 0 saturated carbocycles. The molecular formula is C54H92O14. The van der Waals surface area contributed by atoms with E-state index >= 15 is 0 Å². The van der Waals surface area contributed by atoms with Gasteiger partial charge in [-0.15, -0.1) is 0 Å². The van der Waals surface area contributed by atoms with Crippen molar-refractivity contribution >= 4 is 5.97 Å². The Morgan fingerprint density at radius 1 is 0.500 bits per heavy atom. The van der Waals surface area contributed by atoms with Crippen molar-refractivity contribution in [2.45, 2.75) is 229 Å². The summed E-state index contributed by atoms with van der Waals surface area (Å²) in [5.74, 6) is -0.397. The number of hydrogen-bond donors (Lipinski definition) is 7. The largest absolute Gasteiger partial charge is 0.457 e. The molecule has 68 heavy (non-hydrogen) atoms. The van der Waals surface area contributed by atoms with E-state index in [0.717, 1.165) is 109 Å². The summed E-state index contributed by atoms with van der Waals surface area (Å²) in [6.07, 6.45) is 33.8. The Kier molecular flexibility index (Phi) is 37.2. The molecular weight excluding hydrogens is 873 g/mol. The highest BCUT2D eigenvalue weighted by Crippen LogP contribution is 2.26. The molecule has 7 N–H and O–H groups in total. The Hall–Kier alpha value is -2.57. The third-order valence-corrected chi connectivity index (χ3v) is 11.9. The van der Waals surface area contributed by atoms with Crippen LogP contribution in [0.4, 0.5) is 0 Å². The smallest absolute Gasteiger partial charge is 0.306 e. The predicted octanol–water partition coefficient (Wildman–Crippen LogP) is 7.90. The van der Waals surface area contributed by atoms with E-state index in [1.54, 1.807) is 0 Å². The first kappa shape index (κ1) is 61.5. The first-order valence-electron chi connectivity index (χ1n) is 26.0. The van der Waals surface area contributed by atoms with Gasteiger partial charge in [-0.2, -0.15) is 0 Å². The number of aliphatic hydroxyl groups excluding tert-OH is 7. The third-order valence-electron chi connectivity index (χ3n) is 11.9. The van der Waals surface area contributed by atoms with Crippen molar-refractivity contribution in [3.8, 4) is 0 Å². The van der Waals surface area contributed by atoms with Gasteiger partial charge in [0, 0.05) is 13.0 Å². The maximum atomic E-state index is 13.0. The number of unbranched alkanes of at least 4 members (excludes halogenated alkanes) is 14. The van der Waals surface area contributed by atoms with Crippen LogP contribution in [0.15, 0.2) is 72.9 Å². The summed E-state index contributed by atoms with van der Waals surface area (Å²) >= 11 is 0. The molecule has 14 nitrogen and oxygen atoms in total. The fourth-order valence-electron chi connectivity index (χ4n) is 7.70. The number of allylic oxidation sites excluding steroid dienone is 12. The van der Waals surface area contributed by atoms with Crippen LogP contribution in [-0.4, -0.2) is 142 Å². The lowest BCUT2D eigenvalue weighted by atomic mass is 9.98. The van der Waals surface area contributed by atoms with Crippen LogP contribution in [0.3, 0.4) is 0 Å². The van der Waals surface area contributed by atoms with Gasteiger partial charge >= 0.3 is 5.97 Å². The standard InChI is InChI=1S/C54H92O14/c1-3-5-7-9-11-13-15-17-19-20-21-22-23-25-27-29-31-33-35-37-46(56)66-43(40-63-38-36-34-32-30-28-26-24-18-16-14-12-10-8-6-4-2)41-64-53-52(62)50(60)48(58)45(68-53)42-65-54-51(61)49(59)47(57)44(39-55)67-54/h5,7,10-13,16-19,21-22,43-45,47-55,57-62H,3-4,6,8-9,14-15,20,23-42H2,1-2H3/b7-5-,12-10-,13-11-,18-16-,19-17-,22-21-. The Morgan fingerprint density at radius 2 is 0.956 bits per heavy atom. The van der Waals surface area contributed by atoms with E-state index in [2.05, 4.69) is 86.8 Å². The quantitative estimate of drug-likeness (QED) is 0.0177. The maximum Gasteiger partial charge on any atom is 0.306 e. The number of carbonyl (C=O) groups excluding carboxylic acids is 1. The molecule has 2 heterocycles. The van der Waals surface area contributed by atoms with Gasteiger partial charge in [-0.25, -0.2) is 0 Å². The van der Waals surface area contributed by atoms with Crippen molar-refractivity contribution in [3.63, 3.8) is 0 Å². The Bertz CT molecular complexity index is 1400.